The van der Waals surface area contributed by atoms with Crippen molar-refractivity contribution < 1.29 is 4.57 Å². The van der Waals surface area contributed by atoms with E-state index in [0.29, 0.717) is 17.0 Å². The van der Waals surface area contributed by atoms with E-state index in [1.54, 1.807) is 0 Å². The van der Waals surface area contributed by atoms with E-state index in [1.807, 2.05) is 45.9 Å². The Kier molecular flexibility index (Phi) is 4.67. The molecule has 3 nitrogen and oxygen atoms in total. The van der Waals surface area contributed by atoms with Crippen LogP contribution in [0.1, 0.15) is 50.7 Å². The third kappa shape index (κ3) is 3.06. The summed E-state index contributed by atoms with van der Waals surface area (Å²) in [6.45, 7) is 8.86. The summed E-state index contributed by atoms with van der Waals surface area (Å²) in [4.78, 5) is 0. The second-order valence-corrected chi connectivity index (χ2v) is 7.01. The van der Waals surface area contributed by atoms with Crippen molar-refractivity contribution in [3.63, 3.8) is 0 Å². The van der Waals surface area contributed by atoms with E-state index in [1.165, 1.54) is 11.1 Å². The van der Waals surface area contributed by atoms with Crippen molar-refractivity contribution in [2.75, 3.05) is 0 Å². The Bertz CT molecular complexity index is 809. The fourth-order valence-electron chi connectivity index (χ4n) is 2.97. The molecule has 1 aromatic heterocycles. The van der Waals surface area contributed by atoms with Gasteiger partial charge >= 0.3 is 0 Å². The van der Waals surface area contributed by atoms with Crippen LogP contribution < -0.4 is 4.57 Å². The van der Waals surface area contributed by atoms with E-state index in [0.717, 1.165) is 11.4 Å². The lowest BCUT2D eigenvalue weighted by Crippen LogP contribution is -2.31. The molecule has 4 heteroatoms. The lowest BCUT2D eigenvalue weighted by Gasteiger charge is -2.15. The van der Waals surface area contributed by atoms with Crippen molar-refractivity contribution in [1.29, 1.82) is 0 Å². The van der Waals surface area contributed by atoms with Crippen LogP contribution in [0, 0.1) is 0 Å². The van der Waals surface area contributed by atoms with Gasteiger partial charge in [-0.25, -0.2) is 4.57 Å². The molecule has 0 unspecified atom stereocenters. The predicted octanol–water partition coefficient (Wildman–Crippen LogP) is 4.30. The lowest BCUT2D eigenvalue weighted by molar-refractivity contribution is -0.636. The summed E-state index contributed by atoms with van der Waals surface area (Å²) in [6.07, 6.45) is 1.99. The summed E-state index contributed by atoms with van der Waals surface area (Å²) in [5, 5.41) is 5.20. The highest BCUT2D eigenvalue weighted by Gasteiger charge is 2.22. The largest absolute Gasteiger partial charge is 0.702 e. The van der Waals surface area contributed by atoms with Crippen LogP contribution in [0.4, 0.5) is 0 Å². The zero-order valence-electron chi connectivity index (χ0n) is 14.6. The third-order valence-corrected chi connectivity index (χ3v) is 4.51. The Morgan fingerprint density at radius 3 is 2.00 bits per heavy atom. The monoisotopic (exact) mass is 337 g/mol. The average Bonchev–Trinajstić information content (AvgIpc) is 2.96. The number of para-hydroxylation sites is 2. The molecule has 0 aliphatic rings. The third-order valence-electron chi connectivity index (χ3n) is 4.23. The van der Waals surface area contributed by atoms with Gasteiger partial charge in [-0.05, 0) is 35.1 Å². The maximum absolute atomic E-state index is 5.50. The first-order chi connectivity index (χ1) is 11.5. The molecule has 0 spiro atoms. The number of rotatable bonds is 4. The van der Waals surface area contributed by atoms with Gasteiger partial charge in [0.1, 0.15) is 11.4 Å². The molecule has 0 radical (unpaired) electrons. The van der Waals surface area contributed by atoms with E-state index >= 15 is 0 Å². The highest BCUT2D eigenvalue weighted by Crippen LogP contribution is 2.30. The molecule has 0 bridgehead atoms. The molecule has 0 aliphatic heterocycles. The van der Waals surface area contributed by atoms with Gasteiger partial charge in [0, 0.05) is 5.10 Å². The van der Waals surface area contributed by atoms with Crippen LogP contribution in [0.15, 0.2) is 60.0 Å². The fraction of sp³-hybridized carbons (Fsp3) is 0.300. The first-order valence-corrected chi connectivity index (χ1v) is 8.76. The summed E-state index contributed by atoms with van der Waals surface area (Å²) in [7, 11) is 0. The number of benzene rings is 2. The number of aromatic nitrogens is 3. The Morgan fingerprint density at radius 2 is 1.46 bits per heavy atom. The predicted molar refractivity (Wildman–Crippen MR) is 98.9 cm³/mol. The van der Waals surface area contributed by atoms with Crippen molar-refractivity contribution in [3.8, 4) is 11.4 Å². The zero-order chi connectivity index (χ0) is 17.3. The van der Waals surface area contributed by atoms with Gasteiger partial charge in [0.15, 0.2) is 5.16 Å². The summed E-state index contributed by atoms with van der Waals surface area (Å²) in [5.74, 6) is 0.836. The van der Waals surface area contributed by atoms with Gasteiger partial charge in [-0.15, -0.1) is 0 Å². The molecule has 0 N–H and O–H groups in total. The van der Waals surface area contributed by atoms with Gasteiger partial charge in [-0.1, -0.05) is 68.8 Å². The summed E-state index contributed by atoms with van der Waals surface area (Å²) in [6, 6.07) is 16.6. The Balaban J connectivity index is 2.20. The molecule has 1 heterocycles. The molecule has 124 valence electrons. The Hall–Kier alpha value is -2.20. The molecular formula is C20H23N3S. The zero-order valence-corrected chi connectivity index (χ0v) is 15.4. The molecule has 0 saturated carbocycles. The SMILES string of the molecule is CC(C)c1cccc(C(C)C)c1-n1c[n+](-c2ccccc2)c([S-])n1. The molecule has 0 atom stereocenters. The average molecular weight is 337 g/mol. The summed E-state index contributed by atoms with van der Waals surface area (Å²) in [5.41, 5.74) is 4.77. The molecule has 3 aromatic rings. The van der Waals surface area contributed by atoms with Crippen LogP contribution in [-0.2, 0) is 12.6 Å². The van der Waals surface area contributed by atoms with E-state index in [2.05, 4.69) is 51.0 Å². The number of nitrogens with zero attached hydrogens (tertiary/aromatic N) is 3. The van der Waals surface area contributed by atoms with E-state index in [9.17, 15) is 0 Å². The first-order valence-electron chi connectivity index (χ1n) is 8.36. The topological polar surface area (TPSA) is 21.7 Å². The maximum atomic E-state index is 5.50. The highest BCUT2D eigenvalue weighted by molar-refractivity contribution is 7.58. The molecule has 2 aromatic carbocycles. The van der Waals surface area contributed by atoms with E-state index in [4.69, 9.17) is 12.6 Å². The van der Waals surface area contributed by atoms with Crippen molar-refractivity contribution >= 4 is 12.6 Å². The minimum absolute atomic E-state index is 0.418. The second-order valence-electron chi connectivity index (χ2n) is 6.64. The second kappa shape index (κ2) is 6.73. The van der Waals surface area contributed by atoms with Crippen LogP contribution in [0.3, 0.4) is 0 Å². The minimum Gasteiger partial charge on any atom is -0.702 e. The van der Waals surface area contributed by atoms with Gasteiger partial charge in [0.2, 0.25) is 6.33 Å². The van der Waals surface area contributed by atoms with Gasteiger partial charge in [0.25, 0.3) is 0 Å². The summed E-state index contributed by atoms with van der Waals surface area (Å²) >= 11 is 5.50. The van der Waals surface area contributed by atoms with Crippen molar-refractivity contribution in [2.24, 2.45) is 0 Å². The van der Waals surface area contributed by atoms with Crippen LogP contribution in [0.2, 0.25) is 0 Å². The molecule has 3 rings (SSSR count). The number of hydrogen-bond acceptors (Lipinski definition) is 2. The van der Waals surface area contributed by atoms with Gasteiger partial charge < -0.3 is 12.6 Å². The fourth-order valence-corrected chi connectivity index (χ4v) is 3.22. The molecule has 0 aliphatic carbocycles. The van der Waals surface area contributed by atoms with Gasteiger partial charge in [0.05, 0.1) is 0 Å². The quantitative estimate of drug-likeness (QED) is 0.523. The van der Waals surface area contributed by atoms with E-state index < -0.39 is 0 Å². The highest BCUT2D eigenvalue weighted by atomic mass is 32.1. The van der Waals surface area contributed by atoms with E-state index in [-0.39, 0.29) is 0 Å². The molecular weight excluding hydrogens is 314 g/mol. The number of hydrogen-bond donors (Lipinski definition) is 0. The van der Waals surface area contributed by atoms with Crippen molar-refractivity contribution in [1.82, 2.24) is 9.78 Å². The van der Waals surface area contributed by atoms with Crippen molar-refractivity contribution in [3.05, 3.63) is 66.0 Å². The normalized spacial score (nSPS) is 11.4. The Morgan fingerprint density at radius 1 is 0.875 bits per heavy atom. The molecule has 0 fully saturated rings. The molecule has 0 saturated heterocycles. The van der Waals surface area contributed by atoms with Crippen LogP contribution in [0.5, 0.6) is 0 Å². The lowest BCUT2D eigenvalue weighted by atomic mass is 9.93. The molecule has 24 heavy (non-hydrogen) atoms. The maximum Gasteiger partial charge on any atom is 0.232 e. The summed E-state index contributed by atoms with van der Waals surface area (Å²) < 4.78 is 3.90. The van der Waals surface area contributed by atoms with Crippen LogP contribution in [-0.4, -0.2) is 9.78 Å². The smallest absolute Gasteiger partial charge is 0.232 e. The Labute approximate surface area is 149 Å². The molecule has 0 amide bonds. The van der Waals surface area contributed by atoms with Gasteiger partial charge in [-0.2, -0.15) is 0 Å². The van der Waals surface area contributed by atoms with Crippen molar-refractivity contribution in [2.45, 2.75) is 44.7 Å². The van der Waals surface area contributed by atoms with Gasteiger partial charge in [-0.3, -0.25) is 0 Å². The van der Waals surface area contributed by atoms with Crippen LogP contribution >= 0.6 is 0 Å². The first kappa shape index (κ1) is 16.7. The minimum atomic E-state index is 0.418. The standard InChI is InChI=1S/C20H23N3S/c1-14(2)17-11-8-12-18(15(3)4)19(17)23-13-22(20(24)21-23)16-9-6-5-7-10-16/h5-15H,1-4H3. The van der Waals surface area contributed by atoms with Crippen LogP contribution in [0.25, 0.3) is 11.4 Å².